The Balaban J connectivity index is 2.55. The molecule has 0 radical (unpaired) electrons. The van der Waals surface area contributed by atoms with Gasteiger partial charge in [-0.15, -0.1) is 11.3 Å². The summed E-state index contributed by atoms with van der Waals surface area (Å²) in [5.41, 5.74) is 0. The highest BCUT2D eigenvalue weighted by Crippen LogP contribution is 2.16. The molecule has 0 saturated heterocycles. The number of carbonyl (C=O) groups excluding carboxylic acids is 1. The Morgan fingerprint density at radius 1 is 1.10 bits per heavy atom. The Morgan fingerprint density at radius 3 is 2.05 bits per heavy atom. The fraction of sp³-hybridized carbons (Fsp3) is 0.706. The summed E-state index contributed by atoms with van der Waals surface area (Å²) in [6, 6.07) is 4.00. The summed E-state index contributed by atoms with van der Waals surface area (Å²) in [6.45, 7) is 13.6. The highest BCUT2D eigenvalue weighted by atomic mass is 32.1. The molecule has 1 heterocycles. The second kappa shape index (κ2) is 8.58. The number of rotatable bonds is 9. The third-order valence-electron chi connectivity index (χ3n) is 3.43. The maximum Gasteiger partial charge on any atom is 0.186 e. The Hall–Kier alpha value is -0.670. The van der Waals surface area contributed by atoms with E-state index in [-0.39, 0.29) is 5.78 Å². The lowest BCUT2D eigenvalue weighted by Gasteiger charge is -2.23. The summed E-state index contributed by atoms with van der Waals surface area (Å²) in [5.74, 6) is 1.65. The zero-order valence-electron chi connectivity index (χ0n) is 13.6. The van der Waals surface area contributed by atoms with Crippen LogP contribution in [0.25, 0.3) is 0 Å². The second-order valence-corrected chi connectivity index (χ2v) is 7.76. The summed E-state index contributed by atoms with van der Waals surface area (Å²) in [6.07, 6.45) is 2.32. The van der Waals surface area contributed by atoms with Crippen LogP contribution in [0.4, 0.5) is 0 Å². The van der Waals surface area contributed by atoms with Crippen LogP contribution in [-0.4, -0.2) is 30.3 Å². The molecule has 0 aliphatic heterocycles. The molecule has 0 fully saturated rings. The topological polar surface area (TPSA) is 20.3 Å². The fourth-order valence-electron chi connectivity index (χ4n) is 2.02. The first-order valence-electron chi connectivity index (χ1n) is 7.70. The van der Waals surface area contributed by atoms with E-state index in [9.17, 15) is 4.79 Å². The van der Waals surface area contributed by atoms with E-state index in [4.69, 9.17) is 0 Å². The van der Waals surface area contributed by atoms with E-state index in [1.165, 1.54) is 4.88 Å². The maximum absolute atomic E-state index is 12.3. The summed E-state index contributed by atoms with van der Waals surface area (Å²) in [7, 11) is 0. The van der Waals surface area contributed by atoms with E-state index in [1.807, 2.05) is 12.1 Å². The van der Waals surface area contributed by atoms with Crippen LogP contribution in [0.2, 0.25) is 0 Å². The van der Waals surface area contributed by atoms with Crippen LogP contribution in [0.3, 0.4) is 0 Å². The monoisotopic (exact) mass is 295 g/mol. The standard InChI is InChI=1S/C17H29NOS/c1-13(2)8-10-18(11-9-14(3)4)12-16(19)17-7-6-15(5)20-17/h6-7,13-14H,8-12H2,1-5H3. The van der Waals surface area contributed by atoms with Crippen molar-refractivity contribution >= 4 is 17.1 Å². The molecule has 0 aliphatic rings. The molecule has 1 rings (SSSR count). The van der Waals surface area contributed by atoms with Gasteiger partial charge in [0, 0.05) is 4.88 Å². The van der Waals surface area contributed by atoms with Gasteiger partial charge >= 0.3 is 0 Å². The van der Waals surface area contributed by atoms with Crippen molar-refractivity contribution in [3.05, 3.63) is 21.9 Å². The molecule has 0 N–H and O–H groups in total. The lowest BCUT2D eigenvalue weighted by Crippen LogP contribution is -2.32. The number of ketones is 1. The minimum Gasteiger partial charge on any atom is -0.296 e. The van der Waals surface area contributed by atoms with Crippen molar-refractivity contribution in [3.8, 4) is 0 Å². The minimum atomic E-state index is 0.274. The number of carbonyl (C=O) groups is 1. The molecule has 2 nitrogen and oxygen atoms in total. The number of nitrogens with zero attached hydrogens (tertiary/aromatic N) is 1. The first kappa shape index (κ1) is 17.4. The van der Waals surface area contributed by atoms with Crippen LogP contribution in [0.1, 0.15) is 55.1 Å². The smallest absolute Gasteiger partial charge is 0.186 e. The first-order valence-corrected chi connectivity index (χ1v) is 8.52. The number of hydrogen-bond acceptors (Lipinski definition) is 3. The van der Waals surface area contributed by atoms with Crippen molar-refractivity contribution in [2.45, 2.75) is 47.5 Å². The van der Waals surface area contributed by atoms with Crippen molar-refractivity contribution in [3.63, 3.8) is 0 Å². The Kier molecular flexibility index (Phi) is 7.46. The highest BCUT2D eigenvalue weighted by Gasteiger charge is 2.14. The summed E-state index contributed by atoms with van der Waals surface area (Å²) < 4.78 is 0. The first-order chi connectivity index (χ1) is 9.38. The van der Waals surface area contributed by atoms with Gasteiger partial charge in [-0.25, -0.2) is 0 Å². The van der Waals surface area contributed by atoms with Gasteiger partial charge in [0.2, 0.25) is 0 Å². The van der Waals surface area contributed by atoms with Gasteiger partial charge in [0.25, 0.3) is 0 Å². The average molecular weight is 295 g/mol. The molecule has 3 heteroatoms. The van der Waals surface area contributed by atoms with Crippen molar-refractivity contribution in [1.82, 2.24) is 4.90 Å². The van der Waals surface area contributed by atoms with Gasteiger partial charge < -0.3 is 0 Å². The van der Waals surface area contributed by atoms with Gasteiger partial charge in [0.15, 0.2) is 5.78 Å². The molecule has 20 heavy (non-hydrogen) atoms. The lowest BCUT2D eigenvalue weighted by atomic mass is 10.1. The quantitative estimate of drug-likeness (QED) is 0.619. The SMILES string of the molecule is Cc1ccc(C(=O)CN(CCC(C)C)CCC(C)C)s1. The number of Topliss-reactive ketones (excluding diaryl/α,β-unsaturated/α-hetero) is 1. The van der Waals surface area contributed by atoms with Gasteiger partial charge in [-0.1, -0.05) is 27.7 Å². The van der Waals surface area contributed by atoms with Gasteiger partial charge in [-0.3, -0.25) is 9.69 Å². The number of hydrogen-bond donors (Lipinski definition) is 0. The fourth-order valence-corrected chi connectivity index (χ4v) is 2.81. The van der Waals surface area contributed by atoms with Crippen molar-refractivity contribution in [1.29, 1.82) is 0 Å². The molecule has 0 amide bonds. The van der Waals surface area contributed by atoms with E-state index in [1.54, 1.807) is 11.3 Å². The molecular weight excluding hydrogens is 266 g/mol. The average Bonchev–Trinajstić information content (AvgIpc) is 2.79. The van der Waals surface area contributed by atoms with Crippen molar-refractivity contribution < 1.29 is 4.79 Å². The van der Waals surface area contributed by atoms with E-state index >= 15 is 0 Å². The zero-order chi connectivity index (χ0) is 15.1. The molecule has 1 aromatic rings. The van der Waals surface area contributed by atoms with Crippen LogP contribution in [0.15, 0.2) is 12.1 Å². The summed E-state index contributed by atoms with van der Waals surface area (Å²) >= 11 is 1.61. The van der Waals surface area contributed by atoms with Gasteiger partial charge in [0.1, 0.15) is 0 Å². The molecule has 0 unspecified atom stereocenters. The molecular formula is C17H29NOS. The van der Waals surface area contributed by atoms with Crippen molar-refractivity contribution in [2.24, 2.45) is 11.8 Å². The molecule has 0 spiro atoms. The Morgan fingerprint density at radius 2 is 1.65 bits per heavy atom. The molecule has 0 atom stereocenters. The van der Waals surface area contributed by atoms with Crippen LogP contribution < -0.4 is 0 Å². The second-order valence-electron chi connectivity index (χ2n) is 6.47. The van der Waals surface area contributed by atoms with Gasteiger partial charge in [0.05, 0.1) is 11.4 Å². The van der Waals surface area contributed by atoms with E-state index in [2.05, 4.69) is 39.5 Å². The number of aryl methyl sites for hydroxylation is 1. The molecule has 0 bridgehead atoms. The molecule has 0 aromatic carbocycles. The molecule has 0 saturated carbocycles. The third-order valence-corrected chi connectivity index (χ3v) is 4.47. The van der Waals surface area contributed by atoms with Crippen LogP contribution in [0, 0.1) is 18.8 Å². The minimum absolute atomic E-state index is 0.274. The lowest BCUT2D eigenvalue weighted by molar-refractivity contribution is 0.0927. The van der Waals surface area contributed by atoms with Gasteiger partial charge in [-0.05, 0) is 56.8 Å². The predicted molar refractivity (Wildman–Crippen MR) is 88.7 cm³/mol. The summed E-state index contributed by atoms with van der Waals surface area (Å²) in [4.78, 5) is 16.8. The van der Waals surface area contributed by atoms with E-state index in [0.717, 1.165) is 30.8 Å². The van der Waals surface area contributed by atoms with E-state index < -0.39 is 0 Å². The van der Waals surface area contributed by atoms with Crippen molar-refractivity contribution in [2.75, 3.05) is 19.6 Å². The molecule has 114 valence electrons. The highest BCUT2D eigenvalue weighted by molar-refractivity contribution is 7.14. The molecule has 1 aromatic heterocycles. The van der Waals surface area contributed by atoms with E-state index in [0.29, 0.717) is 18.4 Å². The van der Waals surface area contributed by atoms with Gasteiger partial charge in [-0.2, -0.15) is 0 Å². The maximum atomic E-state index is 12.3. The van der Waals surface area contributed by atoms with Crippen LogP contribution in [-0.2, 0) is 0 Å². The molecule has 0 aliphatic carbocycles. The predicted octanol–water partition coefficient (Wildman–Crippen LogP) is 4.63. The van der Waals surface area contributed by atoms with Crippen LogP contribution in [0.5, 0.6) is 0 Å². The zero-order valence-corrected chi connectivity index (χ0v) is 14.4. The Bertz CT molecular complexity index is 397. The normalized spacial score (nSPS) is 11.8. The Labute approximate surface area is 128 Å². The largest absolute Gasteiger partial charge is 0.296 e. The third kappa shape index (κ3) is 6.67. The van der Waals surface area contributed by atoms with Crippen LogP contribution >= 0.6 is 11.3 Å². The number of thiophene rings is 1. The summed E-state index contributed by atoms with van der Waals surface area (Å²) in [5, 5.41) is 0.